The summed E-state index contributed by atoms with van der Waals surface area (Å²) in [6.45, 7) is 5.81. The number of halogens is 4. The Kier molecular flexibility index (Phi) is 10.4. The van der Waals surface area contributed by atoms with Crippen molar-refractivity contribution in [2.75, 3.05) is 5.32 Å². The van der Waals surface area contributed by atoms with Gasteiger partial charge in [-0.15, -0.1) is 0 Å². The summed E-state index contributed by atoms with van der Waals surface area (Å²) in [5.74, 6) is -3.79. The van der Waals surface area contributed by atoms with Crippen molar-refractivity contribution in [2.24, 2.45) is 5.92 Å². The number of anilines is 1. The molecule has 0 spiro atoms. The third-order valence-corrected chi connectivity index (χ3v) is 5.44. The molecule has 2 aromatic rings. The highest BCUT2D eigenvalue weighted by Crippen LogP contribution is 2.30. The minimum absolute atomic E-state index is 0.0344. The lowest BCUT2D eigenvalue weighted by Crippen LogP contribution is -2.51. The van der Waals surface area contributed by atoms with E-state index in [2.05, 4.69) is 5.32 Å². The molecule has 2 atom stereocenters. The number of rotatable bonds is 9. The summed E-state index contributed by atoms with van der Waals surface area (Å²) in [6.07, 6.45) is -5.67. The normalized spacial score (nSPS) is 13.3. The highest BCUT2D eigenvalue weighted by atomic mass is 35.5. The molecule has 202 valence electrons. The zero-order valence-electron chi connectivity index (χ0n) is 20.9. The highest BCUT2D eigenvalue weighted by molar-refractivity contribution is 6.33. The maximum atomic E-state index is 13.5. The lowest BCUT2D eigenvalue weighted by Gasteiger charge is -2.26. The lowest BCUT2D eigenvalue weighted by molar-refractivity contribution is -0.178. The second kappa shape index (κ2) is 12.8. The number of benzene rings is 2. The molecule has 0 heterocycles. The summed E-state index contributed by atoms with van der Waals surface area (Å²) in [5.41, 5.74) is 0.612. The van der Waals surface area contributed by atoms with Crippen LogP contribution in [0.3, 0.4) is 0 Å². The minimum Gasteiger partial charge on any atom is -0.460 e. The van der Waals surface area contributed by atoms with Crippen LogP contribution in [0.4, 0.5) is 23.7 Å². The summed E-state index contributed by atoms with van der Waals surface area (Å²) < 4.78 is 50.7. The van der Waals surface area contributed by atoms with Crippen LogP contribution in [0.15, 0.2) is 48.5 Å². The molecule has 2 amide bonds. The first-order valence-electron chi connectivity index (χ1n) is 11.5. The number of alkyl halides is 3. The molecule has 2 N–H and O–H groups in total. The molecule has 0 fully saturated rings. The van der Waals surface area contributed by atoms with Gasteiger partial charge in [0.1, 0.15) is 18.2 Å². The van der Waals surface area contributed by atoms with Crippen LogP contribution in [0.25, 0.3) is 0 Å². The van der Waals surface area contributed by atoms with E-state index in [1.54, 1.807) is 57.2 Å². The molecule has 7 nitrogen and oxygen atoms in total. The van der Waals surface area contributed by atoms with Crippen molar-refractivity contribution in [3.05, 3.63) is 64.7 Å². The van der Waals surface area contributed by atoms with E-state index in [9.17, 15) is 27.6 Å². The Labute approximate surface area is 218 Å². The molecule has 37 heavy (non-hydrogen) atoms. The molecule has 0 aliphatic rings. The summed E-state index contributed by atoms with van der Waals surface area (Å²) in [5, 5.41) is 4.43. The number of esters is 1. The Bertz CT molecular complexity index is 1090. The highest BCUT2D eigenvalue weighted by Gasteiger charge is 2.45. The first-order chi connectivity index (χ1) is 17.2. The van der Waals surface area contributed by atoms with Gasteiger partial charge in [0.2, 0.25) is 5.91 Å². The molecule has 2 rings (SSSR count). The van der Waals surface area contributed by atoms with E-state index in [0.29, 0.717) is 11.1 Å². The van der Waals surface area contributed by atoms with E-state index in [-0.39, 0.29) is 30.2 Å². The predicted octanol–water partition coefficient (Wildman–Crippen LogP) is 6.05. The van der Waals surface area contributed by atoms with Crippen molar-refractivity contribution < 1.29 is 37.0 Å². The maximum Gasteiger partial charge on any atom is 0.408 e. The number of carbonyl (C=O) groups is 3. The van der Waals surface area contributed by atoms with Crippen molar-refractivity contribution in [3.63, 3.8) is 0 Å². The van der Waals surface area contributed by atoms with Gasteiger partial charge < -0.3 is 20.1 Å². The average molecular weight is 543 g/mol. The van der Waals surface area contributed by atoms with Crippen LogP contribution >= 0.6 is 11.6 Å². The number of hydrogen-bond acceptors (Lipinski definition) is 5. The van der Waals surface area contributed by atoms with E-state index in [1.165, 1.54) is 12.1 Å². The Morgan fingerprint density at radius 3 is 2.24 bits per heavy atom. The van der Waals surface area contributed by atoms with Crippen LogP contribution in [-0.2, 0) is 32.1 Å². The second-order valence-electron chi connectivity index (χ2n) is 9.40. The number of carbonyl (C=O) groups excluding carboxylic acids is 3. The average Bonchev–Trinajstić information content (AvgIpc) is 2.80. The molecule has 0 aliphatic heterocycles. The van der Waals surface area contributed by atoms with Crippen LogP contribution in [0.1, 0.15) is 45.2 Å². The van der Waals surface area contributed by atoms with E-state index < -0.39 is 41.7 Å². The van der Waals surface area contributed by atoms with E-state index in [4.69, 9.17) is 21.1 Å². The molecule has 0 saturated carbocycles. The van der Waals surface area contributed by atoms with Crippen LogP contribution < -0.4 is 10.6 Å². The number of amides is 2. The summed E-state index contributed by atoms with van der Waals surface area (Å²) >= 11 is 6.15. The van der Waals surface area contributed by atoms with Crippen molar-refractivity contribution in [3.8, 4) is 0 Å². The lowest BCUT2D eigenvalue weighted by atomic mass is 10.0. The van der Waals surface area contributed by atoms with Crippen LogP contribution in [-0.4, -0.2) is 35.8 Å². The van der Waals surface area contributed by atoms with Gasteiger partial charge in [-0.2, -0.15) is 13.2 Å². The van der Waals surface area contributed by atoms with Crippen molar-refractivity contribution in [1.29, 1.82) is 0 Å². The Hall–Kier alpha value is -3.27. The molecule has 11 heteroatoms. The Morgan fingerprint density at radius 1 is 1.00 bits per heavy atom. The molecule has 2 aromatic carbocycles. The number of ether oxygens (including phenoxy) is 2. The molecule has 0 saturated heterocycles. The molecular weight excluding hydrogens is 513 g/mol. The second-order valence-corrected chi connectivity index (χ2v) is 9.81. The zero-order valence-corrected chi connectivity index (χ0v) is 21.7. The minimum atomic E-state index is -4.78. The van der Waals surface area contributed by atoms with Gasteiger partial charge in [0, 0.05) is 6.42 Å². The molecular formula is C26H30ClF3N2O5. The first-order valence-corrected chi connectivity index (χ1v) is 11.9. The van der Waals surface area contributed by atoms with Gasteiger partial charge in [0.15, 0.2) is 0 Å². The van der Waals surface area contributed by atoms with Gasteiger partial charge in [0.05, 0.1) is 16.6 Å². The standard InChI is InChI=1S/C26H30ClF3N2O5/c1-16(26(28,29)30)22(32-24(35)36-15-18-8-6-5-7-9-18)23(34)31-20-14-17(10-12-19(20)27)11-13-21(33)37-25(2,3)4/h5-10,12,14,16,22H,11,13,15H2,1-4H3,(H,31,34)(H,32,35)/t16-,22+/m1/s1. The van der Waals surface area contributed by atoms with Gasteiger partial charge in [0.25, 0.3) is 0 Å². The monoisotopic (exact) mass is 542 g/mol. The van der Waals surface area contributed by atoms with Gasteiger partial charge in [-0.3, -0.25) is 9.59 Å². The van der Waals surface area contributed by atoms with Crippen molar-refractivity contribution in [2.45, 2.75) is 65.0 Å². The first kappa shape index (κ1) is 30.0. The van der Waals surface area contributed by atoms with Gasteiger partial charge in [-0.1, -0.05) is 54.9 Å². The molecule has 0 unspecified atom stereocenters. The number of alkyl carbamates (subject to hydrolysis) is 1. The Morgan fingerprint density at radius 2 is 1.65 bits per heavy atom. The van der Waals surface area contributed by atoms with Crippen molar-refractivity contribution >= 4 is 35.3 Å². The smallest absolute Gasteiger partial charge is 0.408 e. The summed E-state index contributed by atoms with van der Waals surface area (Å²) in [4.78, 5) is 37.1. The molecule has 0 bridgehead atoms. The predicted molar refractivity (Wildman–Crippen MR) is 133 cm³/mol. The van der Waals surface area contributed by atoms with Gasteiger partial charge >= 0.3 is 18.2 Å². The Balaban J connectivity index is 2.11. The third-order valence-electron chi connectivity index (χ3n) is 5.11. The number of aryl methyl sites for hydroxylation is 1. The number of nitrogens with one attached hydrogen (secondary N) is 2. The fourth-order valence-electron chi connectivity index (χ4n) is 3.17. The SMILES string of the molecule is C[C@H]([C@H](NC(=O)OCc1ccccc1)C(=O)Nc1cc(CCC(=O)OC(C)(C)C)ccc1Cl)C(F)(F)F. The fraction of sp³-hybridized carbons (Fsp3) is 0.423. The topological polar surface area (TPSA) is 93.7 Å². The summed E-state index contributed by atoms with van der Waals surface area (Å²) in [6, 6.07) is 11.1. The zero-order chi connectivity index (χ0) is 27.8. The summed E-state index contributed by atoms with van der Waals surface area (Å²) in [7, 11) is 0. The van der Waals surface area contributed by atoms with Crippen LogP contribution in [0.5, 0.6) is 0 Å². The largest absolute Gasteiger partial charge is 0.460 e. The van der Waals surface area contributed by atoms with Crippen LogP contribution in [0.2, 0.25) is 5.02 Å². The van der Waals surface area contributed by atoms with E-state index in [0.717, 1.165) is 6.92 Å². The molecule has 0 aromatic heterocycles. The fourth-order valence-corrected chi connectivity index (χ4v) is 3.34. The molecule has 0 aliphatic carbocycles. The quantitative estimate of drug-likeness (QED) is 0.376. The maximum absolute atomic E-state index is 13.5. The third kappa shape index (κ3) is 10.3. The van der Waals surface area contributed by atoms with Gasteiger partial charge in [-0.25, -0.2) is 4.79 Å². The van der Waals surface area contributed by atoms with E-state index in [1.807, 2.05) is 5.32 Å². The van der Waals surface area contributed by atoms with E-state index >= 15 is 0 Å². The molecule has 0 radical (unpaired) electrons. The number of hydrogen-bond donors (Lipinski definition) is 2. The van der Waals surface area contributed by atoms with Crippen molar-refractivity contribution in [1.82, 2.24) is 5.32 Å². The van der Waals surface area contributed by atoms with Gasteiger partial charge in [-0.05, 0) is 50.5 Å². The van der Waals surface area contributed by atoms with Crippen LogP contribution in [0, 0.1) is 5.92 Å².